The lowest BCUT2D eigenvalue weighted by Gasteiger charge is -2.35. The lowest BCUT2D eigenvalue weighted by Crippen LogP contribution is -2.58. The highest BCUT2D eigenvalue weighted by Gasteiger charge is 2.46. The number of likely N-dealkylation sites (tertiary alicyclic amines) is 1. The average Bonchev–Trinajstić information content (AvgIpc) is 3.83. The highest BCUT2D eigenvalue weighted by atomic mass is 32.2. The number of benzene rings is 2. The summed E-state index contributed by atoms with van der Waals surface area (Å²) in [4.78, 5) is 71.1. The van der Waals surface area contributed by atoms with E-state index in [9.17, 15) is 22.8 Å². The lowest BCUT2D eigenvalue weighted by atomic mass is 9.83. The van der Waals surface area contributed by atoms with Crippen LogP contribution in [0, 0.1) is 5.92 Å². The summed E-state index contributed by atoms with van der Waals surface area (Å²) in [6.45, 7) is 13.7. The molecule has 0 radical (unpaired) electrons. The van der Waals surface area contributed by atoms with Gasteiger partial charge in [-0.25, -0.2) is 33.3 Å². The van der Waals surface area contributed by atoms with E-state index in [0.717, 1.165) is 56.9 Å². The van der Waals surface area contributed by atoms with Gasteiger partial charge in [0.2, 0.25) is 23.7 Å². The molecule has 20 nitrogen and oxygen atoms in total. The van der Waals surface area contributed by atoms with E-state index in [0.29, 0.717) is 66.6 Å². The van der Waals surface area contributed by atoms with Crippen molar-refractivity contribution >= 4 is 56.1 Å². The Hall–Kier alpha value is -6.45. The Balaban J connectivity index is 0.913. The van der Waals surface area contributed by atoms with Gasteiger partial charge in [0.25, 0.3) is 0 Å². The van der Waals surface area contributed by atoms with E-state index in [2.05, 4.69) is 62.8 Å². The van der Waals surface area contributed by atoms with Crippen LogP contribution in [0.5, 0.6) is 11.5 Å². The van der Waals surface area contributed by atoms with Gasteiger partial charge in [0.05, 0.1) is 41.3 Å². The van der Waals surface area contributed by atoms with Crippen molar-refractivity contribution in [3.8, 4) is 11.5 Å². The number of aryl methyl sites for hydroxylation is 1. The number of amides is 3. The third-order valence-corrected chi connectivity index (χ3v) is 17.8. The van der Waals surface area contributed by atoms with Gasteiger partial charge in [-0.05, 0) is 104 Å². The zero-order valence-electron chi connectivity index (χ0n) is 44.5. The van der Waals surface area contributed by atoms with E-state index in [-0.39, 0.29) is 71.6 Å². The first-order valence-corrected chi connectivity index (χ1v) is 27.9. The molecular weight excluding hydrogens is 975 g/mol. The molecule has 404 valence electrons. The van der Waals surface area contributed by atoms with Gasteiger partial charge in [-0.15, -0.1) is 0 Å². The summed E-state index contributed by atoms with van der Waals surface area (Å²) in [5.74, 6) is 0.734. The Morgan fingerprint density at radius 2 is 1.65 bits per heavy atom. The van der Waals surface area contributed by atoms with Crippen LogP contribution in [0.4, 0.5) is 11.8 Å². The van der Waals surface area contributed by atoms with Gasteiger partial charge < -0.3 is 46.7 Å². The Kier molecular flexibility index (Phi) is 17.3. The van der Waals surface area contributed by atoms with Crippen molar-refractivity contribution in [1.29, 1.82) is 0 Å². The number of nitrogens with one attached hydrogen (secondary N) is 3. The van der Waals surface area contributed by atoms with Gasteiger partial charge in [0, 0.05) is 61.9 Å². The smallest absolute Gasteiger partial charge is 0.246 e. The first kappa shape index (κ1) is 54.8. The number of nitrogens with two attached hydrogens (primary N) is 2. The van der Waals surface area contributed by atoms with E-state index in [1.54, 1.807) is 72.0 Å². The molecule has 5 atom stereocenters. The predicted molar refractivity (Wildman–Crippen MR) is 288 cm³/mol. The molecule has 2 aromatic heterocycles. The zero-order chi connectivity index (χ0) is 53.6. The number of rotatable bonds is 17. The molecule has 3 amide bonds. The molecule has 2 aromatic carbocycles. The molecule has 2 aliphatic carbocycles. The zero-order valence-corrected chi connectivity index (χ0v) is 45.3. The first-order chi connectivity index (χ1) is 35.8. The van der Waals surface area contributed by atoms with Gasteiger partial charge in [0.15, 0.2) is 21.4 Å². The van der Waals surface area contributed by atoms with E-state index in [4.69, 9.17) is 20.9 Å². The molecule has 7 N–H and O–H groups in total. The minimum Gasteiger partial charge on any atom is -0.491 e. The van der Waals surface area contributed by atoms with Crippen LogP contribution in [0.2, 0.25) is 0 Å². The number of piperazine rings is 1. The Bertz CT molecular complexity index is 2870. The molecule has 8 rings (SSSR count). The van der Waals surface area contributed by atoms with E-state index in [1.807, 2.05) is 12.1 Å². The topological polar surface area (TPSA) is 266 Å². The van der Waals surface area contributed by atoms with Crippen LogP contribution in [-0.2, 0) is 30.6 Å². The van der Waals surface area contributed by atoms with Crippen molar-refractivity contribution in [2.75, 3.05) is 57.8 Å². The molecule has 4 aromatic rings. The molecular formula is C54H75N13O7S. The van der Waals surface area contributed by atoms with Crippen LogP contribution in [0.3, 0.4) is 0 Å². The molecule has 0 bridgehead atoms. The molecule has 4 heterocycles. The van der Waals surface area contributed by atoms with Crippen molar-refractivity contribution in [3.05, 3.63) is 77.5 Å². The molecule has 3 fully saturated rings. The van der Waals surface area contributed by atoms with E-state index in [1.165, 1.54) is 18.0 Å². The minimum absolute atomic E-state index is 0.0120. The number of aliphatic imine (C=N–C) groups is 1. The SMILES string of the molecule is CN[C@@H](C)C(=O)N[C@H](C(=O)N1CC(Oc2cnc(N3CCN(CCOc4cc5ncnc(N=C(N)/C(C)=C(/C)N)c5cc4S(=O)(=O)C(C)(C)C)CC3)nc2)C[C@H]1C(=O)NC1CCCc2ccccc21)C1CCCCC1. The second kappa shape index (κ2) is 23.6. The van der Waals surface area contributed by atoms with Crippen LogP contribution < -0.4 is 41.8 Å². The fourth-order valence-corrected chi connectivity index (χ4v) is 11.7. The molecule has 1 saturated carbocycles. The number of carbonyl (C=O) groups is 3. The maximum Gasteiger partial charge on any atom is 0.246 e. The average molecular weight is 1050 g/mol. The summed E-state index contributed by atoms with van der Waals surface area (Å²) in [6.07, 6.45) is 11.7. The van der Waals surface area contributed by atoms with Crippen LogP contribution in [0.1, 0.15) is 110 Å². The molecule has 2 saturated heterocycles. The van der Waals surface area contributed by atoms with Gasteiger partial charge in [-0.3, -0.25) is 19.3 Å². The lowest BCUT2D eigenvalue weighted by molar-refractivity contribution is -0.143. The highest BCUT2D eigenvalue weighted by Crippen LogP contribution is 2.38. The number of amidine groups is 1. The van der Waals surface area contributed by atoms with Crippen LogP contribution in [0.25, 0.3) is 10.9 Å². The molecule has 75 heavy (non-hydrogen) atoms. The number of aromatic nitrogens is 4. The normalized spacial score (nSPS) is 21.2. The number of allylic oxidation sites excluding steroid dienone is 1. The standard InChI is InChI=1S/C54H75N13O7S/c1-33(34(2)55)48(56)64-49-41-27-46(75(71,72)54(4,5)6)45(28-43(41)60-32-61-49)73-25-24-65-20-22-66(23-21-65)53-58-29-39(30-59-53)74-38-26-44(51(69)62-42-19-13-17-36-14-11-12-18-40(36)42)67(31-38)52(70)47(37-15-9-8-10-16-37)63-50(68)35(3)57-7/h11-12,14,18,27-30,32,35,37-38,42,44,47,57H,8-10,13,15-17,19-26,31,55H2,1-7H3,(H,62,69)(H,63,68)(H2,56,60,61,64)/b34-33-/t35-,38?,42?,44-,47-/m0/s1. The number of ether oxygens (including phenoxy) is 2. The summed E-state index contributed by atoms with van der Waals surface area (Å²) < 4.78 is 39.6. The second-order valence-corrected chi connectivity index (χ2v) is 24.0. The summed E-state index contributed by atoms with van der Waals surface area (Å²) in [5, 5.41) is 9.78. The van der Waals surface area contributed by atoms with Crippen molar-refractivity contribution in [1.82, 2.24) is 45.7 Å². The van der Waals surface area contributed by atoms with E-state index >= 15 is 0 Å². The molecule has 0 spiro atoms. The fourth-order valence-electron chi connectivity index (χ4n) is 10.4. The Labute approximate surface area is 440 Å². The first-order valence-electron chi connectivity index (χ1n) is 26.4. The van der Waals surface area contributed by atoms with Gasteiger partial charge >= 0.3 is 0 Å². The second-order valence-electron chi connectivity index (χ2n) is 21.4. The number of likely N-dealkylation sites (N-methyl/N-ethyl adjacent to an activating group) is 1. The van der Waals surface area contributed by atoms with Crippen LogP contribution in [-0.4, -0.2) is 144 Å². The maximum absolute atomic E-state index is 14.8. The quantitative estimate of drug-likeness (QED) is 0.0712. The van der Waals surface area contributed by atoms with Crippen molar-refractivity contribution < 1.29 is 32.3 Å². The van der Waals surface area contributed by atoms with Gasteiger partial charge in [0.1, 0.15) is 47.6 Å². The summed E-state index contributed by atoms with van der Waals surface area (Å²) in [7, 11) is -2.18. The highest BCUT2D eigenvalue weighted by molar-refractivity contribution is 7.92. The van der Waals surface area contributed by atoms with E-state index < -0.39 is 38.8 Å². The van der Waals surface area contributed by atoms with Crippen LogP contribution >= 0.6 is 0 Å². The summed E-state index contributed by atoms with van der Waals surface area (Å²) in [6, 6.07) is 9.08. The van der Waals surface area contributed by atoms with Gasteiger partial charge in [-0.1, -0.05) is 43.5 Å². The van der Waals surface area contributed by atoms with Crippen molar-refractivity contribution in [2.24, 2.45) is 22.4 Å². The maximum atomic E-state index is 14.8. The number of anilines is 1. The monoisotopic (exact) mass is 1050 g/mol. The van der Waals surface area contributed by atoms with Crippen LogP contribution in [0.15, 0.2) is 76.3 Å². The Morgan fingerprint density at radius 1 is 0.933 bits per heavy atom. The predicted octanol–water partition coefficient (Wildman–Crippen LogP) is 4.65. The molecule has 2 unspecified atom stereocenters. The van der Waals surface area contributed by atoms with Gasteiger partial charge in [-0.2, -0.15) is 0 Å². The number of sulfone groups is 1. The van der Waals surface area contributed by atoms with Crippen molar-refractivity contribution in [2.45, 2.75) is 139 Å². The number of carbonyl (C=O) groups excluding carboxylic acids is 3. The molecule has 2 aliphatic heterocycles. The fraction of sp³-hybridized carbons (Fsp3) is 0.556. The Morgan fingerprint density at radius 3 is 2.35 bits per heavy atom. The minimum atomic E-state index is -3.90. The molecule has 21 heteroatoms. The number of hydrogen-bond acceptors (Lipinski definition) is 16. The third-order valence-electron chi connectivity index (χ3n) is 15.3. The molecule has 4 aliphatic rings. The number of fused-ring (bicyclic) bond motifs is 2. The number of hydrogen-bond donors (Lipinski definition) is 5. The third kappa shape index (κ3) is 12.6. The number of nitrogens with zero attached hydrogens (tertiary/aromatic N) is 8. The largest absolute Gasteiger partial charge is 0.491 e. The van der Waals surface area contributed by atoms with Crippen molar-refractivity contribution in [3.63, 3.8) is 0 Å². The summed E-state index contributed by atoms with van der Waals surface area (Å²) in [5.41, 5.74) is 16.0. The summed E-state index contributed by atoms with van der Waals surface area (Å²) >= 11 is 0.